The van der Waals surface area contributed by atoms with Crippen LogP contribution in [0.3, 0.4) is 0 Å². The van der Waals surface area contributed by atoms with E-state index in [-0.39, 0.29) is 5.91 Å². The third-order valence-corrected chi connectivity index (χ3v) is 3.59. The van der Waals surface area contributed by atoms with Crippen LogP contribution in [0.4, 0.5) is 5.69 Å². The van der Waals surface area contributed by atoms with Gasteiger partial charge in [-0.05, 0) is 20.8 Å². The molecule has 0 radical (unpaired) electrons. The van der Waals surface area contributed by atoms with Crippen LogP contribution in [0.1, 0.15) is 18.3 Å². The molecule has 1 fully saturated rings. The first-order valence-corrected chi connectivity index (χ1v) is 6.73. The normalized spacial score (nSPS) is 20.5. The Morgan fingerprint density at radius 1 is 1.53 bits per heavy atom. The average molecular weight is 265 g/mol. The molecule has 1 saturated heterocycles. The Morgan fingerprint density at radius 2 is 2.26 bits per heavy atom. The fraction of sp³-hybridized carbons (Fsp3) is 0.692. The van der Waals surface area contributed by atoms with Gasteiger partial charge in [-0.25, -0.2) is 0 Å². The number of amides is 1. The molecule has 0 spiro atoms. The minimum Gasteiger partial charge on any atom is -0.322 e. The first-order chi connectivity index (χ1) is 8.97. The van der Waals surface area contributed by atoms with E-state index >= 15 is 0 Å². The molecule has 106 valence electrons. The number of hydrogen-bond acceptors (Lipinski definition) is 4. The van der Waals surface area contributed by atoms with Gasteiger partial charge >= 0.3 is 0 Å². The average Bonchev–Trinajstić information content (AvgIpc) is 2.56. The van der Waals surface area contributed by atoms with Gasteiger partial charge < -0.3 is 10.6 Å². The zero-order valence-electron chi connectivity index (χ0n) is 12.2. The molecule has 6 nitrogen and oxygen atoms in total. The van der Waals surface area contributed by atoms with Crippen molar-refractivity contribution < 1.29 is 4.79 Å². The maximum Gasteiger partial charge on any atom is 0.238 e. The minimum atomic E-state index is 0.0355. The lowest BCUT2D eigenvalue weighted by atomic mass is 10.2. The Morgan fingerprint density at radius 3 is 2.84 bits per heavy atom. The van der Waals surface area contributed by atoms with Crippen LogP contribution < -0.4 is 10.6 Å². The van der Waals surface area contributed by atoms with Crippen molar-refractivity contribution in [3.05, 3.63) is 11.4 Å². The van der Waals surface area contributed by atoms with Crippen molar-refractivity contribution >= 4 is 11.6 Å². The van der Waals surface area contributed by atoms with Crippen molar-refractivity contribution in [3.63, 3.8) is 0 Å². The van der Waals surface area contributed by atoms with Crippen molar-refractivity contribution in [2.45, 2.75) is 26.8 Å². The SMILES string of the molecule is Cc1nn(C)c(C)c1NC(=O)CN1CCNC(C)C1. The van der Waals surface area contributed by atoms with Gasteiger partial charge in [0, 0.05) is 32.7 Å². The first-order valence-electron chi connectivity index (χ1n) is 6.73. The van der Waals surface area contributed by atoms with E-state index in [1.807, 2.05) is 20.9 Å². The van der Waals surface area contributed by atoms with E-state index in [0.717, 1.165) is 36.7 Å². The zero-order valence-corrected chi connectivity index (χ0v) is 12.2. The number of hydrogen-bond donors (Lipinski definition) is 2. The lowest BCUT2D eigenvalue weighted by molar-refractivity contribution is -0.117. The lowest BCUT2D eigenvalue weighted by Crippen LogP contribution is -2.51. The summed E-state index contributed by atoms with van der Waals surface area (Å²) < 4.78 is 1.79. The molecule has 0 aliphatic carbocycles. The van der Waals surface area contributed by atoms with Crippen molar-refractivity contribution in [2.24, 2.45) is 7.05 Å². The Labute approximate surface area is 114 Å². The largest absolute Gasteiger partial charge is 0.322 e. The van der Waals surface area contributed by atoms with Crippen molar-refractivity contribution in [3.8, 4) is 0 Å². The lowest BCUT2D eigenvalue weighted by Gasteiger charge is -2.31. The molecule has 0 saturated carbocycles. The van der Waals surface area contributed by atoms with Crippen LogP contribution in [0.2, 0.25) is 0 Å². The summed E-state index contributed by atoms with van der Waals surface area (Å²) in [6.07, 6.45) is 0. The summed E-state index contributed by atoms with van der Waals surface area (Å²) in [5.41, 5.74) is 2.69. The van der Waals surface area contributed by atoms with Gasteiger partial charge in [0.25, 0.3) is 0 Å². The maximum atomic E-state index is 12.1. The topological polar surface area (TPSA) is 62.2 Å². The molecule has 1 unspecified atom stereocenters. The van der Waals surface area contributed by atoms with Crippen LogP contribution in [-0.4, -0.2) is 52.8 Å². The van der Waals surface area contributed by atoms with E-state index in [0.29, 0.717) is 12.6 Å². The molecule has 1 aromatic rings. The van der Waals surface area contributed by atoms with Crippen LogP contribution in [0, 0.1) is 13.8 Å². The highest BCUT2D eigenvalue weighted by molar-refractivity contribution is 5.93. The van der Waals surface area contributed by atoms with E-state index in [2.05, 4.69) is 27.6 Å². The van der Waals surface area contributed by atoms with Crippen LogP contribution in [-0.2, 0) is 11.8 Å². The number of rotatable bonds is 3. The third-order valence-electron chi connectivity index (χ3n) is 3.59. The molecule has 1 atom stereocenters. The number of nitrogens with zero attached hydrogens (tertiary/aromatic N) is 3. The highest BCUT2D eigenvalue weighted by Crippen LogP contribution is 2.18. The number of carbonyl (C=O) groups is 1. The second kappa shape index (κ2) is 5.71. The molecular formula is C13H23N5O. The molecule has 2 N–H and O–H groups in total. The zero-order chi connectivity index (χ0) is 14.0. The molecule has 2 rings (SSSR count). The number of carbonyl (C=O) groups excluding carboxylic acids is 1. The summed E-state index contributed by atoms with van der Waals surface area (Å²) in [6, 6.07) is 0.448. The Hall–Kier alpha value is -1.40. The van der Waals surface area contributed by atoms with E-state index in [4.69, 9.17) is 0 Å². The number of piperazine rings is 1. The first kappa shape index (κ1) is 14.0. The molecule has 19 heavy (non-hydrogen) atoms. The summed E-state index contributed by atoms with van der Waals surface area (Å²) in [5.74, 6) is 0.0355. The molecule has 1 aliphatic rings. The van der Waals surface area contributed by atoms with Crippen LogP contribution in [0.25, 0.3) is 0 Å². The summed E-state index contributed by atoms with van der Waals surface area (Å²) >= 11 is 0. The van der Waals surface area contributed by atoms with Crippen LogP contribution in [0.15, 0.2) is 0 Å². The van der Waals surface area contributed by atoms with Gasteiger partial charge in [-0.15, -0.1) is 0 Å². The Bertz CT molecular complexity index is 468. The van der Waals surface area contributed by atoms with Gasteiger partial charge in [0.2, 0.25) is 5.91 Å². The van der Waals surface area contributed by atoms with Gasteiger partial charge in [-0.1, -0.05) is 0 Å². The number of anilines is 1. The molecule has 0 bridgehead atoms. The quantitative estimate of drug-likeness (QED) is 0.823. The molecule has 2 heterocycles. The van der Waals surface area contributed by atoms with Crippen LogP contribution in [0.5, 0.6) is 0 Å². The van der Waals surface area contributed by atoms with E-state index in [1.165, 1.54) is 0 Å². The summed E-state index contributed by atoms with van der Waals surface area (Å²) in [4.78, 5) is 14.3. The molecule has 6 heteroatoms. The summed E-state index contributed by atoms with van der Waals surface area (Å²) in [7, 11) is 1.88. The number of aromatic nitrogens is 2. The van der Waals surface area contributed by atoms with E-state index in [9.17, 15) is 4.79 Å². The standard InChI is InChI=1S/C13H23N5O/c1-9-7-18(6-5-14-9)8-12(19)15-13-10(2)16-17(4)11(13)3/h9,14H,5-8H2,1-4H3,(H,15,19). The van der Waals surface area contributed by atoms with Gasteiger partial charge in [0.1, 0.15) is 0 Å². The van der Waals surface area contributed by atoms with Gasteiger partial charge in [0.15, 0.2) is 0 Å². The predicted molar refractivity (Wildman–Crippen MR) is 75.2 cm³/mol. The Balaban J connectivity index is 1.94. The number of nitrogens with one attached hydrogen (secondary N) is 2. The maximum absolute atomic E-state index is 12.1. The van der Waals surface area contributed by atoms with Gasteiger partial charge in [-0.2, -0.15) is 5.10 Å². The van der Waals surface area contributed by atoms with Gasteiger partial charge in [0.05, 0.1) is 23.6 Å². The molecular weight excluding hydrogens is 242 g/mol. The molecule has 1 aromatic heterocycles. The molecule has 1 aliphatic heterocycles. The smallest absolute Gasteiger partial charge is 0.238 e. The second-order valence-corrected chi connectivity index (χ2v) is 5.31. The monoisotopic (exact) mass is 265 g/mol. The second-order valence-electron chi connectivity index (χ2n) is 5.31. The van der Waals surface area contributed by atoms with Gasteiger partial charge in [-0.3, -0.25) is 14.4 Å². The highest BCUT2D eigenvalue weighted by Gasteiger charge is 2.19. The van der Waals surface area contributed by atoms with E-state index < -0.39 is 0 Å². The summed E-state index contributed by atoms with van der Waals surface area (Å²) in [6.45, 7) is 9.23. The van der Waals surface area contributed by atoms with Crippen molar-refractivity contribution in [2.75, 3.05) is 31.5 Å². The molecule has 1 amide bonds. The fourth-order valence-electron chi connectivity index (χ4n) is 2.49. The minimum absolute atomic E-state index is 0.0355. The fourth-order valence-corrected chi connectivity index (χ4v) is 2.49. The molecule has 0 aromatic carbocycles. The van der Waals surface area contributed by atoms with Crippen LogP contribution >= 0.6 is 0 Å². The Kier molecular flexibility index (Phi) is 4.21. The summed E-state index contributed by atoms with van der Waals surface area (Å²) in [5, 5.41) is 10.6. The predicted octanol–water partition coefficient (Wildman–Crippen LogP) is 0.269. The van der Waals surface area contributed by atoms with E-state index in [1.54, 1.807) is 4.68 Å². The third kappa shape index (κ3) is 3.33. The highest BCUT2D eigenvalue weighted by atomic mass is 16.2. The number of aryl methyl sites for hydroxylation is 2. The van der Waals surface area contributed by atoms with Crippen molar-refractivity contribution in [1.82, 2.24) is 20.0 Å². The van der Waals surface area contributed by atoms with Crippen molar-refractivity contribution in [1.29, 1.82) is 0 Å².